The Kier molecular flexibility index (Phi) is 6.03. The summed E-state index contributed by atoms with van der Waals surface area (Å²) in [7, 11) is 0. The Labute approximate surface area is 159 Å². The first-order valence-electron chi connectivity index (χ1n) is 9.34. The van der Waals surface area contributed by atoms with Crippen molar-refractivity contribution in [3.8, 4) is 6.07 Å². The summed E-state index contributed by atoms with van der Waals surface area (Å²) in [4.78, 5) is 6.98. The zero-order valence-electron chi connectivity index (χ0n) is 15.7. The van der Waals surface area contributed by atoms with Crippen molar-refractivity contribution in [3.63, 3.8) is 0 Å². The van der Waals surface area contributed by atoms with Gasteiger partial charge in [0.15, 0.2) is 0 Å². The summed E-state index contributed by atoms with van der Waals surface area (Å²) in [6, 6.07) is 15.4. The zero-order chi connectivity index (χ0) is 18.5. The van der Waals surface area contributed by atoms with Gasteiger partial charge in [0.1, 0.15) is 0 Å². The summed E-state index contributed by atoms with van der Waals surface area (Å²) in [5.41, 5.74) is 7.79. The molecule has 4 rings (SSSR count). The number of aromatic nitrogens is 1. The average molecular weight is 364 g/mol. The number of fused-ring (bicyclic) bond motifs is 2. The topological polar surface area (TPSA) is 39.9 Å². The Bertz CT molecular complexity index is 923. The maximum atomic E-state index is 9.10. The summed E-state index contributed by atoms with van der Waals surface area (Å²) in [5, 5.41) is 9.10. The van der Waals surface area contributed by atoms with E-state index in [1.165, 1.54) is 21.4 Å². The monoisotopic (exact) mass is 363 g/mol. The van der Waals surface area contributed by atoms with Gasteiger partial charge in [0, 0.05) is 12.6 Å². The van der Waals surface area contributed by atoms with Gasteiger partial charge < -0.3 is 0 Å². The van der Waals surface area contributed by atoms with E-state index in [4.69, 9.17) is 5.26 Å². The minimum atomic E-state index is 0.359. The predicted molar refractivity (Wildman–Crippen MR) is 109 cm³/mol. The first-order valence-corrected chi connectivity index (χ1v) is 10.2. The van der Waals surface area contributed by atoms with Crippen molar-refractivity contribution in [2.24, 2.45) is 0 Å². The summed E-state index contributed by atoms with van der Waals surface area (Å²) >= 11 is 1.69. The summed E-state index contributed by atoms with van der Waals surface area (Å²) in [6.45, 7) is 8.30. The number of nitrogens with zero attached hydrogens (tertiary/aromatic N) is 3. The lowest BCUT2D eigenvalue weighted by Gasteiger charge is -2.28. The molecule has 0 amide bonds. The second kappa shape index (κ2) is 8.44. The fourth-order valence-corrected chi connectivity index (χ4v) is 4.19. The van der Waals surface area contributed by atoms with E-state index < -0.39 is 0 Å². The highest BCUT2D eigenvalue weighted by atomic mass is 32.1. The highest BCUT2D eigenvalue weighted by Gasteiger charge is 2.20. The Morgan fingerprint density at radius 3 is 2.81 bits per heavy atom. The maximum absolute atomic E-state index is 9.10. The summed E-state index contributed by atoms with van der Waals surface area (Å²) < 4.78 is 1.25. The van der Waals surface area contributed by atoms with Crippen molar-refractivity contribution in [3.05, 3.63) is 64.2 Å². The molecule has 0 fully saturated rings. The molecule has 134 valence electrons. The van der Waals surface area contributed by atoms with Crippen LogP contribution in [0.15, 0.2) is 41.9 Å². The summed E-state index contributed by atoms with van der Waals surface area (Å²) in [5.74, 6) is 0. The molecule has 4 heteroatoms. The molecule has 2 heterocycles. The van der Waals surface area contributed by atoms with Gasteiger partial charge in [0.25, 0.3) is 0 Å². The molecule has 1 aliphatic heterocycles. The van der Waals surface area contributed by atoms with Crippen molar-refractivity contribution in [1.29, 1.82) is 5.26 Å². The van der Waals surface area contributed by atoms with Crippen LogP contribution in [0.5, 0.6) is 0 Å². The van der Waals surface area contributed by atoms with Crippen molar-refractivity contribution >= 4 is 21.6 Å². The molecule has 26 heavy (non-hydrogen) atoms. The molecule has 0 N–H and O–H groups in total. The Morgan fingerprint density at radius 2 is 2.00 bits per heavy atom. The number of nitriles is 1. The smallest absolute Gasteiger partial charge is 0.0991 e. The molecule has 2 aromatic carbocycles. The van der Waals surface area contributed by atoms with Crippen LogP contribution in [-0.2, 0) is 13.0 Å². The van der Waals surface area contributed by atoms with E-state index in [1.54, 1.807) is 11.3 Å². The third-order valence-corrected chi connectivity index (χ3v) is 5.79. The van der Waals surface area contributed by atoms with Gasteiger partial charge in [-0.1, -0.05) is 26.0 Å². The Balaban J connectivity index is 0.000000948. The third kappa shape index (κ3) is 3.80. The lowest BCUT2D eigenvalue weighted by molar-refractivity contribution is 0.205. The molecule has 3 aromatic rings. The molecular formula is C22H25N3S. The number of hydrogen-bond acceptors (Lipinski definition) is 4. The summed E-state index contributed by atoms with van der Waals surface area (Å²) in [6.07, 6.45) is 2.18. The number of benzene rings is 2. The van der Waals surface area contributed by atoms with Gasteiger partial charge in [0.05, 0.1) is 27.4 Å². The van der Waals surface area contributed by atoms with E-state index in [0.717, 1.165) is 37.0 Å². The lowest BCUT2D eigenvalue weighted by Crippen LogP contribution is -2.26. The number of thiazole rings is 1. The van der Waals surface area contributed by atoms with Crippen LogP contribution in [0.4, 0.5) is 0 Å². The van der Waals surface area contributed by atoms with E-state index in [2.05, 4.69) is 53.2 Å². The van der Waals surface area contributed by atoms with Gasteiger partial charge in [-0.15, -0.1) is 11.3 Å². The highest BCUT2D eigenvalue weighted by molar-refractivity contribution is 7.16. The SMILES string of the molecule is CC.CC(c1ccc2scnc2c1)N1CCCc2cc(C#N)ccc2C1. The van der Waals surface area contributed by atoms with Gasteiger partial charge in [-0.3, -0.25) is 4.90 Å². The molecule has 0 saturated carbocycles. The molecular weight excluding hydrogens is 338 g/mol. The van der Waals surface area contributed by atoms with E-state index >= 15 is 0 Å². The third-order valence-electron chi connectivity index (χ3n) is 4.98. The number of rotatable bonds is 2. The van der Waals surface area contributed by atoms with Crippen LogP contribution in [0.25, 0.3) is 10.2 Å². The highest BCUT2D eigenvalue weighted by Crippen LogP contribution is 2.29. The number of aryl methyl sites for hydroxylation is 1. The maximum Gasteiger partial charge on any atom is 0.0991 e. The average Bonchev–Trinajstić information content (AvgIpc) is 3.06. The molecule has 1 aromatic heterocycles. The van der Waals surface area contributed by atoms with E-state index in [-0.39, 0.29) is 0 Å². The normalized spacial score (nSPS) is 15.3. The molecule has 1 atom stereocenters. The Hall–Kier alpha value is -2.22. The van der Waals surface area contributed by atoms with Crippen LogP contribution in [0.3, 0.4) is 0 Å². The van der Waals surface area contributed by atoms with Crippen molar-refractivity contribution in [1.82, 2.24) is 9.88 Å². The van der Waals surface area contributed by atoms with Gasteiger partial charge >= 0.3 is 0 Å². The quantitative estimate of drug-likeness (QED) is 0.586. The van der Waals surface area contributed by atoms with Crippen LogP contribution in [0.2, 0.25) is 0 Å². The minimum absolute atomic E-state index is 0.359. The van der Waals surface area contributed by atoms with Crippen molar-refractivity contribution < 1.29 is 0 Å². The molecule has 0 aliphatic carbocycles. The van der Waals surface area contributed by atoms with Crippen LogP contribution >= 0.6 is 11.3 Å². The van der Waals surface area contributed by atoms with Crippen LogP contribution < -0.4 is 0 Å². The first kappa shape index (κ1) is 18.6. The van der Waals surface area contributed by atoms with Gasteiger partial charge in [-0.25, -0.2) is 4.98 Å². The van der Waals surface area contributed by atoms with Crippen molar-refractivity contribution in [2.45, 2.75) is 46.2 Å². The fourth-order valence-electron chi connectivity index (χ4n) is 3.53. The molecule has 1 aliphatic rings. The van der Waals surface area contributed by atoms with E-state index in [0.29, 0.717) is 6.04 Å². The molecule has 0 spiro atoms. The van der Waals surface area contributed by atoms with Crippen LogP contribution in [0.1, 0.15) is 55.5 Å². The van der Waals surface area contributed by atoms with Gasteiger partial charge in [-0.2, -0.15) is 5.26 Å². The Morgan fingerprint density at radius 1 is 1.15 bits per heavy atom. The van der Waals surface area contributed by atoms with E-state index in [9.17, 15) is 0 Å². The van der Waals surface area contributed by atoms with E-state index in [1.807, 2.05) is 25.4 Å². The molecule has 0 radical (unpaired) electrons. The molecule has 1 unspecified atom stereocenters. The van der Waals surface area contributed by atoms with Crippen LogP contribution in [-0.4, -0.2) is 16.4 Å². The number of hydrogen-bond donors (Lipinski definition) is 0. The van der Waals surface area contributed by atoms with Gasteiger partial charge in [-0.05, 0) is 67.3 Å². The largest absolute Gasteiger partial charge is 0.292 e. The second-order valence-corrected chi connectivity index (χ2v) is 7.31. The van der Waals surface area contributed by atoms with Crippen molar-refractivity contribution in [2.75, 3.05) is 6.54 Å². The minimum Gasteiger partial charge on any atom is -0.292 e. The second-order valence-electron chi connectivity index (χ2n) is 6.42. The standard InChI is InChI=1S/C20H19N3S.C2H6/c1-14(16-6-7-20-19(10-16)22-13-24-20)23-8-2-3-17-9-15(11-21)4-5-18(17)12-23;1-2/h4-7,9-10,13-14H,2-3,8,12H2,1H3;1-2H3. The zero-order valence-corrected chi connectivity index (χ0v) is 16.5. The molecule has 3 nitrogen and oxygen atoms in total. The lowest BCUT2D eigenvalue weighted by atomic mass is 10.0. The predicted octanol–water partition coefficient (Wildman–Crippen LogP) is 5.70. The van der Waals surface area contributed by atoms with Crippen LogP contribution in [0, 0.1) is 11.3 Å². The molecule has 0 bridgehead atoms. The van der Waals surface area contributed by atoms with Gasteiger partial charge in [0.2, 0.25) is 0 Å². The fraction of sp³-hybridized carbons (Fsp3) is 0.364. The molecule has 0 saturated heterocycles. The first-order chi connectivity index (χ1) is 12.7.